The molecule has 0 unspecified atom stereocenters. The normalized spacial score (nSPS) is 13.7. The van der Waals surface area contributed by atoms with E-state index in [2.05, 4.69) is 10.3 Å². The van der Waals surface area contributed by atoms with Gasteiger partial charge in [-0.15, -0.1) is 0 Å². The molecule has 0 saturated carbocycles. The minimum Gasteiger partial charge on any atom is -0.496 e. The third-order valence-electron chi connectivity index (χ3n) is 4.93. The Morgan fingerprint density at radius 2 is 1.73 bits per heavy atom. The van der Waals surface area contributed by atoms with E-state index in [4.69, 9.17) is 4.74 Å². The Labute approximate surface area is 174 Å². The molecule has 6 heteroatoms. The molecule has 150 valence electrons. The number of ether oxygens (including phenoxy) is 1. The van der Waals surface area contributed by atoms with Crippen molar-refractivity contribution in [2.24, 2.45) is 0 Å². The Balaban J connectivity index is 1.78. The number of benzene rings is 2. The molecule has 4 rings (SSSR count). The molecule has 0 fully saturated rings. The van der Waals surface area contributed by atoms with Gasteiger partial charge in [0.1, 0.15) is 11.4 Å². The summed E-state index contributed by atoms with van der Waals surface area (Å²) < 4.78 is 5.46. The number of nitrogens with one attached hydrogen (secondary N) is 1. The fourth-order valence-corrected chi connectivity index (χ4v) is 3.39. The molecule has 0 saturated heterocycles. The van der Waals surface area contributed by atoms with Crippen molar-refractivity contribution in [2.45, 2.75) is 13.5 Å². The van der Waals surface area contributed by atoms with E-state index in [9.17, 15) is 9.59 Å². The summed E-state index contributed by atoms with van der Waals surface area (Å²) >= 11 is 0. The number of imide groups is 1. The number of aryl methyl sites for hydroxylation is 1. The van der Waals surface area contributed by atoms with Crippen molar-refractivity contribution < 1.29 is 14.3 Å². The van der Waals surface area contributed by atoms with E-state index in [1.165, 1.54) is 4.90 Å². The van der Waals surface area contributed by atoms with Crippen LogP contribution in [0.5, 0.6) is 5.75 Å². The third kappa shape index (κ3) is 3.67. The molecule has 2 aromatic carbocycles. The van der Waals surface area contributed by atoms with Crippen LogP contribution in [-0.2, 0) is 16.1 Å². The molecule has 6 nitrogen and oxygen atoms in total. The van der Waals surface area contributed by atoms with Gasteiger partial charge in [-0.3, -0.25) is 19.5 Å². The Bertz CT molecular complexity index is 1120. The van der Waals surface area contributed by atoms with Gasteiger partial charge in [0, 0.05) is 23.6 Å². The van der Waals surface area contributed by atoms with E-state index in [1.807, 2.05) is 49.4 Å². The number of pyridine rings is 1. The highest BCUT2D eigenvalue weighted by Crippen LogP contribution is 2.35. The predicted octanol–water partition coefficient (Wildman–Crippen LogP) is 3.79. The first-order chi connectivity index (χ1) is 14.6. The minimum atomic E-state index is -0.384. The summed E-state index contributed by atoms with van der Waals surface area (Å²) in [5.74, 6) is -0.228. The lowest BCUT2D eigenvalue weighted by Crippen LogP contribution is -2.32. The monoisotopic (exact) mass is 399 g/mol. The smallest absolute Gasteiger partial charge is 0.278 e. The maximum Gasteiger partial charge on any atom is 0.278 e. The van der Waals surface area contributed by atoms with Crippen LogP contribution in [-0.4, -0.2) is 28.8 Å². The Morgan fingerprint density at radius 3 is 2.43 bits per heavy atom. The second-order valence-electron chi connectivity index (χ2n) is 7.00. The van der Waals surface area contributed by atoms with Gasteiger partial charge in [0.15, 0.2) is 0 Å². The molecule has 0 aliphatic carbocycles. The number of hydrogen-bond acceptors (Lipinski definition) is 5. The number of carbonyl (C=O) groups is 2. The number of methoxy groups -OCH3 is 1. The van der Waals surface area contributed by atoms with Crippen molar-refractivity contribution >= 4 is 23.1 Å². The summed E-state index contributed by atoms with van der Waals surface area (Å²) in [6.45, 7) is 2.13. The van der Waals surface area contributed by atoms with Gasteiger partial charge in [0.2, 0.25) is 0 Å². The molecule has 30 heavy (non-hydrogen) atoms. The first kappa shape index (κ1) is 19.4. The van der Waals surface area contributed by atoms with Crippen LogP contribution in [0.25, 0.3) is 5.57 Å². The van der Waals surface area contributed by atoms with Crippen molar-refractivity contribution in [3.8, 4) is 5.75 Å². The lowest BCUT2D eigenvalue weighted by molar-refractivity contribution is -0.137. The molecule has 0 atom stereocenters. The number of anilines is 1. The summed E-state index contributed by atoms with van der Waals surface area (Å²) in [7, 11) is 1.54. The number of aromatic nitrogens is 1. The fraction of sp³-hybridized carbons (Fsp3) is 0.125. The van der Waals surface area contributed by atoms with Crippen molar-refractivity contribution in [3.63, 3.8) is 0 Å². The maximum atomic E-state index is 13.4. The van der Waals surface area contributed by atoms with Crippen LogP contribution in [0.15, 0.2) is 78.8 Å². The van der Waals surface area contributed by atoms with E-state index in [1.54, 1.807) is 37.7 Å². The Kier molecular flexibility index (Phi) is 5.30. The summed E-state index contributed by atoms with van der Waals surface area (Å²) in [6.07, 6.45) is 3.30. The summed E-state index contributed by atoms with van der Waals surface area (Å²) in [5, 5.41) is 3.16. The quantitative estimate of drug-likeness (QED) is 0.639. The molecule has 3 aromatic rings. The standard InChI is InChI=1S/C24H21N3O3/c1-16-9-11-18(12-10-16)26-22-21(19-7-3-4-8-20(19)30-2)23(28)27(24(22)29)15-17-6-5-13-25-14-17/h3-14,26H,15H2,1-2H3. The van der Waals surface area contributed by atoms with E-state index in [-0.39, 0.29) is 24.1 Å². The lowest BCUT2D eigenvalue weighted by atomic mass is 10.0. The Morgan fingerprint density at radius 1 is 0.967 bits per heavy atom. The molecule has 0 bridgehead atoms. The van der Waals surface area contributed by atoms with Crippen molar-refractivity contribution in [3.05, 3.63) is 95.4 Å². The molecule has 1 aromatic heterocycles. The highest BCUT2D eigenvalue weighted by atomic mass is 16.5. The van der Waals surface area contributed by atoms with E-state index < -0.39 is 0 Å². The fourth-order valence-electron chi connectivity index (χ4n) is 3.39. The van der Waals surface area contributed by atoms with Gasteiger partial charge in [0.05, 0.1) is 19.2 Å². The second kappa shape index (κ2) is 8.21. The number of carbonyl (C=O) groups excluding carboxylic acids is 2. The molecular formula is C24H21N3O3. The van der Waals surface area contributed by atoms with Gasteiger partial charge in [-0.2, -0.15) is 0 Å². The van der Waals surface area contributed by atoms with Crippen LogP contribution in [0.4, 0.5) is 5.69 Å². The predicted molar refractivity (Wildman–Crippen MR) is 115 cm³/mol. The molecule has 2 heterocycles. The third-order valence-corrected chi connectivity index (χ3v) is 4.93. The highest BCUT2D eigenvalue weighted by Gasteiger charge is 2.40. The zero-order valence-corrected chi connectivity index (χ0v) is 16.8. The average molecular weight is 399 g/mol. The lowest BCUT2D eigenvalue weighted by Gasteiger charge is -2.15. The van der Waals surface area contributed by atoms with Crippen LogP contribution in [0.3, 0.4) is 0 Å². The van der Waals surface area contributed by atoms with Crippen LogP contribution in [0.2, 0.25) is 0 Å². The van der Waals surface area contributed by atoms with E-state index in [0.717, 1.165) is 16.8 Å². The SMILES string of the molecule is COc1ccccc1C1=C(Nc2ccc(C)cc2)C(=O)N(Cc2cccnc2)C1=O. The van der Waals surface area contributed by atoms with Crippen LogP contribution < -0.4 is 10.1 Å². The highest BCUT2D eigenvalue weighted by molar-refractivity contribution is 6.36. The molecule has 1 aliphatic rings. The topological polar surface area (TPSA) is 71.5 Å². The molecule has 1 aliphatic heterocycles. The van der Waals surface area contributed by atoms with Gasteiger partial charge in [-0.1, -0.05) is 42.0 Å². The van der Waals surface area contributed by atoms with E-state index in [0.29, 0.717) is 16.9 Å². The molecule has 1 N–H and O–H groups in total. The van der Waals surface area contributed by atoms with Gasteiger partial charge in [-0.05, 0) is 36.8 Å². The van der Waals surface area contributed by atoms with Gasteiger partial charge in [0.25, 0.3) is 11.8 Å². The van der Waals surface area contributed by atoms with Crippen LogP contribution in [0, 0.1) is 6.92 Å². The molecule has 0 spiro atoms. The number of hydrogen-bond donors (Lipinski definition) is 1. The van der Waals surface area contributed by atoms with Gasteiger partial charge >= 0.3 is 0 Å². The van der Waals surface area contributed by atoms with Crippen molar-refractivity contribution in [1.82, 2.24) is 9.88 Å². The van der Waals surface area contributed by atoms with Crippen LogP contribution in [0.1, 0.15) is 16.7 Å². The average Bonchev–Trinajstić information content (AvgIpc) is 3.00. The minimum absolute atomic E-state index is 0.142. The summed E-state index contributed by atoms with van der Waals surface area (Å²) in [6, 6.07) is 18.5. The number of nitrogens with zero attached hydrogens (tertiary/aromatic N) is 2. The van der Waals surface area contributed by atoms with Crippen LogP contribution >= 0.6 is 0 Å². The molecule has 2 amide bonds. The first-order valence-corrected chi connectivity index (χ1v) is 9.55. The number of amides is 2. The largest absolute Gasteiger partial charge is 0.496 e. The van der Waals surface area contributed by atoms with Crippen molar-refractivity contribution in [2.75, 3.05) is 12.4 Å². The number of rotatable bonds is 6. The second-order valence-corrected chi connectivity index (χ2v) is 7.00. The number of para-hydroxylation sites is 1. The Hall–Kier alpha value is -3.93. The molecular weight excluding hydrogens is 378 g/mol. The van der Waals surface area contributed by atoms with Gasteiger partial charge in [-0.25, -0.2) is 0 Å². The molecule has 0 radical (unpaired) electrons. The maximum absolute atomic E-state index is 13.4. The van der Waals surface area contributed by atoms with E-state index >= 15 is 0 Å². The zero-order valence-electron chi connectivity index (χ0n) is 16.8. The summed E-state index contributed by atoms with van der Waals surface area (Å²) in [5.41, 5.74) is 3.70. The zero-order chi connectivity index (χ0) is 21.1. The summed E-state index contributed by atoms with van der Waals surface area (Å²) in [4.78, 5) is 32.0. The van der Waals surface area contributed by atoms with Crippen molar-refractivity contribution in [1.29, 1.82) is 0 Å². The first-order valence-electron chi connectivity index (χ1n) is 9.55. The van der Waals surface area contributed by atoms with Gasteiger partial charge < -0.3 is 10.1 Å².